The van der Waals surface area contributed by atoms with Gasteiger partial charge in [-0.05, 0) is 29.8 Å². The van der Waals surface area contributed by atoms with Crippen LogP contribution in [0.2, 0.25) is 0 Å². The second-order valence-electron chi connectivity index (χ2n) is 5.25. The van der Waals surface area contributed by atoms with Crippen molar-refractivity contribution in [3.05, 3.63) is 35.9 Å². The van der Waals surface area contributed by atoms with Crippen molar-refractivity contribution in [2.75, 3.05) is 21.3 Å². The van der Waals surface area contributed by atoms with Crippen LogP contribution in [-0.2, 0) is 16.6 Å². The number of nitrogens with one attached hydrogen (secondary N) is 1. The van der Waals surface area contributed by atoms with E-state index in [2.05, 4.69) is 13.5 Å². The highest BCUT2D eigenvalue weighted by atomic mass is 32.2. The first-order valence-corrected chi connectivity index (χ1v) is 9.71. The standard InChI is InChI=1S/C16H17N3O5S2/c1-22-12-7-10(8-13(23-2)16(12)24-3)9-17-26(20,21)14-6-4-5-11-15(14)19-25-18-11/h4-8,17H,9H2,1-3H3. The molecule has 0 unspecified atom stereocenters. The molecule has 1 N–H and O–H groups in total. The summed E-state index contributed by atoms with van der Waals surface area (Å²) in [6.45, 7) is 0.0486. The van der Waals surface area contributed by atoms with Gasteiger partial charge in [0.2, 0.25) is 15.8 Å². The van der Waals surface area contributed by atoms with E-state index in [1.54, 1.807) is 24.3 Å². The molecule has 0 saturated carbocycles. The lowest BCUT2D eigenvalue weighted by Crippen LogP contribution is -2.23. The van der Waals surface area contributed by atoms with Gasteiger partial charge in [0, 0.05) is 6.54 Å². The van der Waals surface area contributed by atoms with Crippen LogP contribution < -0.4 is 18.9 Å². The third-order valence-electron chi connectivity index (χ3n) is 3.73. The maximum absolute atomic E-state index is 12.7. The van der Waals surface area contributed by atoms with Gasteiger partial charge >= 0.3 is 0 Å². The molecule has 0 bridgehead atoms. The van der Waals surface area contributed by atoms with Crippen molar-refractivity contribution in [1.29, 1.82) is 0 Å². The van der Waals surface area contributed by atoms with Crippen LogP contribution in [0.4, 0.5) is 0 Å². The number of ether oxygens (including phenoxy) is 3. The van der Waals surface area contributed by atoms with Crippen molar-refractivity contribution < 1.29 is 22.6 Å². The van der Waals surface area contributed by atoms with Crippen LogP contribution in [0.25, 0.3) is 11.0 Å². The van der Waals surface area contributed by atoms with E-state index in [0.717, 1.165) is 11.7 Å². The average Bonchev–Trinajstić information content (AvgIpc) is 3.14. The highest BCUT2D eigenvalue weighted by molar-refractivity contribution is 7.89. The lowest BCUT2D eigenvalue weighted by atomic mass is 10.2. The van der Waals surface area contributed by atoms with Gasteiger partial charge in [-0.25, -0.2) is 13.1 Å². The summed E-state index contributed by atoms with van der Waals surface area (Å²) in [5, 5.41) is 0. The first-order chi connectivity index (χ1) is 12.5. The van der Waals surface area contributed by atoms with Gasteiger partial charge in [-0.3, -0.25) is 0 Å². The van der Waals surface area contributed by atoms with Crippen molar-refractivity contribution in [3.8, 4) is 17.2 Å². The number of hydrogen-bond donors (Lipinski definition) is 1. The zero-order chi connectivity index (χ0) is 18.7. The number of methoxy groups -OCH3 is 3. The molecule has 10 heteroatoms. The van der Waals surface area contributed by atoms with E-state index >= 15 is 0 Å². The topological polar surface area (TPSA) is 99.6 Å². The molecular formula is C16H17N3O5S2. The minimum Gasteiger partial charge on any atom is -0.493 e. The summed E-state index contributed by atoms with van der Waals surface area (Å²) < 4.78 is 51.9. The van der Waals surface area contributed by atoms with Crippen LogP contribution in [0.5, 0.6) is 17.2 Å². The minimum absolute atomic E-state index is 0.0486. The highest BCUT2D eigenvalue weighted by Gasteiger charge is 2.20. The van der Waals surface area contributed by atoms with Crippen LogP contribution >= 0.6 is 11.7 Å². The van der Waals surface area contributed by atoms with E-state index in [9.17, 15) is 8.42 Å². The monoisotopic (exact) mass is 395 g/mol. The fourth-order valence-electron chi connectivity index (χ4n) is 2.49. The normalized spacial score (nSPS) is 11.5. The Hall–Kier alpha value is -2.43. The molecule has 0 spiro atoms. The molecular weight excluding hydrogens is 378 g/mol. The maximum Gasteiger partial charge on any atom is 0.243 e. The molecule has 1 heterocycles. The number of nitrogens with zero attached hydrogens (tertiary/aromatic N) is 2. The van der Waals surface area contributed by atoms with Crippen LogP contribution in [0.3, 0.4) is 0 Å². The average molecular weight is 395 g/mol. The van der Waals surface area contributed by atoms with Crippen molar-refractivity contribution in [3.63, 3.8) is 0 Å². The lowest BCUT2D eigenvalue weighted by molar-refractivity contribution is 0.323. The molecule has 0 radical (unpaired) electrons. The summed E-state index contributed by atoms with van der Waals surface area (Å²) in [6.07, 6.45) is 0. The smallest absolute Gasteiger partial charge is 0.243 e. The Kier molecular flexibility index (Phi) is 5.25. The summed E-state index contributed by atoms with van der Waals surface area (Å²) in [5.74, 6) is 1.35. The molecule has 0 fully saturated rings. The summed E-state index contributed by atoms with van der Waals surface area (Å²) >= 11 is 0.972. The van der Waals surface area contributed by atoms with Gasteiger partial charge < -0.3 is 14.2 Å². The Labute approximate surface area is 155 Å². The molecule has 26 heavy (non-hydrogen) atoms. The fraction of sp³-hybridized carbons (Fsp3) is 0.250. The minimum atomic E-state index is -3.77. The highest BCUT2D eigenvalue weighted by Crippen LogP contribution is 2.38. The van der Waals surface area contributed by atoms with Gasteiger partial charge in [-0.2, -0.15) is 8.75 Å². The van der Waals surface area contributed by atoms with Gasteiger partial charge in [-0.1, -0.05) is 6.07 Å². The van der Waals surface area contributed by atoms with Crippen molar-refractivity contribution in [2.24, 2.45) is 0 Å². The Bertz CT molecular complexity index is 1010. The van der Waals surface area contributed by atoms with Crippen molar-refractivity contribution in [1.82, 2.24) is 13.5 Å². The third-order valence-corrected chi connectivity index (χ3v) is 5.70. The van der Waals surface area contributed by atoms with E-state index in [1.807, 2.05) is 0 Å². The Morgan fingerprint density at radius 1 is 1.04 bits per heavy atom. The van der Waals surface area contributed by atoms with Crippen LogP contribution in [-0.4, -0.2) is 38.5 Å². The molecule has 138 valence electrons. The third kappa shape index (κ3) is 3.43. The van der Waals surface area contributed by atoms with E-state index in [1.165, 1.54) is 27.4 Å². The Balaban J connectivity index is 1.89. The molecule has 0 aliphatic heterocycles. The van der Waals surface area contributed by atoms with E-state index in [0.29, 0.717) is 33.8 Å². The quantitative estimate of drug-likeness (QED) is 0.654. The molecule has 0 saturated heterocycles. The molecule has 3 rings (SSSR count). The zero-order valence-electron chi connectivity index (χ0n) is 14.3. The van der Waals surface area contributed by atoms with Crippen molar-refractivity contribution >= 4 is 32.8 Å². The number of rotatable bonds is 7. The lowest BCUT2D eigenvalue weighted by Gasteiger charge is -2.14. The predicted octanol–water partition coefficient (Wildman–Crippen LogP) is 2.20. The molecule has 2 aromatic carbocycles. The summed E-state index contributed by atoms with van der Waals surface area (Å²) in [5.41, 5.74) is 1.56. The molecule has 8 nitrogen and oxygen atoms in total. The molecule has 1 aromatic heterocycles. The number of aromatic nitrogens is 2. The number of benzene rings is 2. The van der Waals surface area contributed by atoms with Crippen LogP contribution in [0.1, 0.15) is 5.56 Å². The Morgan fingerprint density at radius 3 is 2.35 bits per heavy atom. The summed E-state index contributed by atoms with van der Waals surface area (Å²) in [7, 11) is 0.739. The van der Waals surface area contributed by atoms with E-state index < -0.39 is 10.0 Å². The first-order valence-electron chi connectivity index (χ1n) is 7.50. The maximum atomic E-state index is 12.7. The molecule has 0 aliphatic rings. The summed E-state index contributed by atoms with van der Waals surface area (Å²) in [4.78, 5) is 0.0937. The van der Waals surface area contributed by atoms with E-state index in [-0.39, 0.29) is 11.4 Å². The largest absolute Gasteiger partial charge is 0.493 e. The Morgan fingerprint density at radius 2 is 1.73 bits per heavy atom. The summed E-state index contributed by atoms with van der Waals surface area (Å²) in [6, 6.07) is 8.24. The van der Waals surface area contributed by atoms with Gasteiger partial charge in [-0.15, -0.1) is 0 Å². The molecule has 0 atom stereocenters. The van der Waals surface area contributed by atoms with Gasteiger partial charge in [0.15, 0.2) is 11.5 Å². The number of sulfonamides is 1. The number of hydrogen-bond acceptors (Lipinski definition) is 8. The second kappa shape index (κ2) is 7.44. The van der Waals surface area contributed by atoms with Gasteiger partial charge in [0.25, 0.3) is 0 Å². The molecule has 0 aliphatic carbocycles. The molecule has 0 amide bonds. The number of fused-ring (bicyclic) bond motifs is 1. The fourth-order valence-corrected chi connectivity index (χ4v) is 4.27. The predicted molar refractivity (Wildman–Crippen MR) is 97.5 cm³/mol. The van der Waals surface area contributed by atoms with Gasteiger partial charge in [0.05, 0.1) is 33.1 Å². The van der Waals surface area contributed by atoms with Gasteiger partial charge in [0.1, 0.15) is 15.9 Å². The first kappa shape index (κ1) is 18.4. The molecule has 3 aromatic rings. The SMILES string of the molecule is COc1cc(CNS(=O)(=O)c2cccc3nsnc23)cc(OC)c1OC. The zero-order valence-corrected chi connectivity index (χ0v) is 16.0. The van der Waals surface area contributed by atoms with Crippen LogP contribution in [0.15, 0.2) is 35.2 Å². The van der Waals surface area contributed by atoms with Crippen molar-refractivity contribution in [2.45, 2.75) is 11.4 Å². The van der Waals surface area contributed by atoms with Crippen LogP contribution in [0, 0.1) is 0 Å². The van der Waals surface area contributed by atoms with E-state index in [4.69, 9.17) is 14.2 Å². The second-order valence-corrected chi connectivity index (χ2v) is 7.51.